The molecule has 5 rings (SSSR count). The van der Waals surface area contributed by atoms with Gasteiger partial charge in [-0.05, 0) is 64.0 Å². The second kappa shape index (κ2) is 9.80. The van der Waals surface area contributed by atoms with Gasteiger partial charge < -0.3 is 10.0 Å². The number of rotatable bonds is 5. The number of nitrogens with zero attached hydrogens (tertiary/aromatic N) is 3. The van der Waals surface area contributed by atoms with Gasteiger partial charge in [-0.1, -0.05) is 54.4 Å². The second-order valence-electron chi connectivity index (χ2n) is 9.25. The maximum Gasteiger partial charge on any atom is 0.336 e. The average Bonchev–Trinajstić information content (AvgIpc) is 2.85. The van der Waals surface area contributed by atoms with Crippen molar-refractivity contribution in [2.24, 2.45) is 0 Å². The molecule has 0 amide bonds. The lowest BCUT2D eigenvalue weighted by Crippen LogP contribution is -2.46. The molecule has 0 spiro atoms. The molecule has 1 aromatic heterocycles. The predicted octanol–water partition coefficient (Wildman–Crippen LogP) is 5.70. The van der Waals surface area contributed by atoms with Crippen LogP contribution in [0.15, 0.2) is 48.5 Å². The van der Waals surface area contributed by atoms with Gasteiger partial charge in [0.2, 0.25) is 0 Å². The Balaban J connectivity index is 1.49. The van der Waals surface area contributed by atoms with Crippen LogP contribution in [0.1, 0.15) is 48.0 Å². The quantitative estimate of drug-likeness (QED) is 0.525. The summed E-state index contributed by atoms with van der Waals surface area (Å²) in [5.41, 5.74) is 3.42. The van der Waals surface area contributed by atoms with E-state index in [1.807, 2.05) is 30.3 Å². The van der Waals surface area contributed by atoms with Gasteiger partial charge in [0.05, 0.1) is 16.8 Å². The molecule has 0 atom stereocenters. The first kappa shape index (κ1) is 22.3. The van der Waals surface area contributed by atoms with Gasteiger partial charge in [-0.25, -0.2) is 9.78 Å². The van der Waals surface area contributed by atoms with Gasteiger partial charge in [0.15, 0.2) is 0 Å². The number of pyridine rings is 1. The monoisotopic (exact) mass is 463 g/mol. The van der Waals surface area contributed by atoms with Crippen molar-refractivity contribution in [1.29, 1.82) is 0 Å². The first-order chi connectivity index (χ1) is 16.1. The molecule has 0 saturated carbocycles. The van der Waals surface area contributed by atoms with Crippen LogP contribution in [0.4, 0.5) is 0 Å². The molecule has 0 bridgehead atoms. The Morgan fingerprint density at radius 3 is 2.42 bits per heavy atom. The highest BCUT2D eigenvalue weighted by Crippen LogP contribution is 2.33. The minimum Gasteiger partial charge on any atom is -0.478 e. The summed E-state index contributed by atoms with van der Waals surface area (Å²) in [5, 5.41) is 11.5. The zero-order valence-corrected chi connectivity index (χ0v) is 19.6. The summed E-state index contributed by atoms with van der Waals surface area (Å²) in [5.74, 6) is -0.917. The summed E-state index contributed by atoms with van der Waals surface area (Å²) < 4.78 is 0. The molecular weight excluding hydrogens is 434 g/mol. The Bertz CT molecular complexity index is 1140. The Labute approximate surface area is 200 Å². The van der Waals surface area contributed by atoms with Crippen molar-refractivity contribution in [3.63, 3.8) is 0 Å². The highest BCUT2D eigenvalue weighted by Gasteiger charge is 2.28. The molecule has 3 aromatic rings. The van der Waals surface area contributed by atoms with E-state index in [4.69, 9.17) is 16.6 Å². The van der Waals surface area contributed by atoms with Crippen LogP contribution in [0.25, 0.3) is 22.2 Å². The molecule has 3 heterocycles. The first-order valence-electron chi connectivity index (χ1n) is 12.0. The molecule has 0 unspecified atom stereocenters. The normalized spacial score (nSPS) is 18.6. The maximum atomic E-state index is 12.5. The molecule has 1 N–H and O–H groups in total. The fourth-order valence-corrected chi connectivity index (χ4v) is 5.63. The zero-order valence-electron chi connectivity index (χ0n) is 18.8. The molecule has 2 aromatic carbocycles. The molecule has 0 aliphatic carbocycles. The Kier molecular flexibility index (Phi) is 6.63. The third kappa shape index (κ3) is 4.77. The SMILES string of the molecule is O=C(O)c1c(CN2CCC(N3CCCCC3)CC2)c(-c2ccccc2)nc2cc(Cl)ccc12. The highest BCUT2D eigenvalue weighted by molar-refractivity contribution is 6.31. The number of benzene rings is 2. The first-order valence-corrected chi connectivity index (χ1v) is 12.3. The van der Waals surface area contributed by atoms with E-state index >= 15 is 0 Å². The lowest BCUT2D eigenvalue weighted by Gasteiger charge is -2.40. The highest BCUT2D eigenvalue weighted by atomic mass is 35.5. The van der Waals surface area contributed by atoms with Crippen molar-refractivity contribution in [2.75, 3.05) is 26.2 Å². The standard InChI is InChI=1S/C27H30ClN3O2/c28-20-9-10-22-24(17-20)29-26(19-7-3-1-4-8-19)23(25(22)27(32)33)18-30-15-11-21(12-16-30)31-13-5-2-6-14-31/h1,3-4,7-10,17,21H,2,5-6,11-16,18H2,(H,32,33). The molecule has 2 aliphatic heterocycles. The van der Waals surface area contributed by atoms with Gasteiger partial charge >= 0.3 is 5.97 Å². The number of aromatic carboxylic acids is 1. The topological polar surface area (TPSA) is 56.7 Å². The van der Waals surface area contributed by atoms with E-state index in [2.05, 4.69) is 9.80 Å². The van der Waals surface area contributed by atoms with Crippen molar-refractivity contribution in [3.05, 3.63) is 64.7 Å². The molecule has 2 fully saturated rings. The minimum absolute atomic E-state index is 0.341. The number of carboxylic acids is 1. The molecule has 172 valence electrons. The van der Waals surface area contributed by atoms with Gasteiger partial charge in [0.25, 0.3) is 0 Å². The minimum atomic E-state index is -0.917. The number of halogens is 1. The number of likely N-dealkylation sites (tertiary alicyclic amines) is 2. The third-order valence-corrected chi connectivity index (χ3v) is 7.39. The fourth-order valence-electron chi connectivity index (χ4n) is 5.46. The molecule has 33 heavy (non-hydrogen) atoms. The van der Waals surface area contributed by atoms with E-state index in [0.29, 0.717) is 34.1 Å². The van der Waals surface area contributed by atoms with E-state index in [9.17, 15) is 9.90 Å². The van der Waals surface area contributed by atoms with Crippen molar-refractivity contribution in [1.82, 2.24) is 14.8 Å². The molecule has 5 nitrogen and oxygen atoms in total. The lowest BCUT2D eigenvalue weighted by molar-refractivity contribution is 0.0692. The number of carboxylic acid groups (broad SMARTS) is 1. The zero-order chi connectivity index (χ0) is 22.8. The molecule has 2 saturated heterocycles. The van der Waals surface area contributed by atoms with E-state index in [1.54, 1.807) is 18.2 Å². The van der Waals surface area contributed by atoms with Gasteiger partial charge in [-0.3, -0.25) is 4.90 Å². The molecule has 2 aliphatic rings. The average molecular weight is 464 g/mol. The van der Waals surface area contributed by atoms with Crippen LogP contribution in [0, 0.1) is 0 Å². The van der Waals surface area contributed by atoms with Gasteiger partial charge in [-0.2, -0.15) is 0 Å². The molecular formula is C27H30ClN3O2. The van der Waals surface area contributed by atoms with Crippen LogP contribution in [0.2, 0.25) is 5.02 Å². The second-order valence-corrected chi connectivity index (χ2v) is 9.69. The van der Waals surface area contributed by atoms with Crippen LogP contribution in [-0.4, -0.2) is 58.1 Å². The number of hydrogen-bond acceptors (Lipinski definition) is 4. The van der Waals surface area contributed by atoms with Crippen molar-refractivity contribution >= 4 is 28.5 Å². The van der Waals surface area contributed by atoms with Crippen LogP contribution < -0.4 is 0 Å². The Morgan fingerprint density at radius 2 is 1.73 bits per heavy atom. The van der Waals surface area contributed by atoms with Crippen LogP contribution in [0.5, 0.6) is 0 Å². The number of carbonyl (C=O) groups is 1. The Hall–Kier alpha value is -2.47. The van der Waals surface area contributed by atoms with Gasteiger partial charge in [-0.15, -0.1) is 0 Å². The maximum absolute atomic E-state index is 12.5. The van der Waals surface area contributed by atoms with E-state index in [-0.39, 0.29) is 0 Å². The fraction of sp³-hybridized carbons (Fsp3) is 0.407. The molecule has 6 heteroatoms. The number of aromatic nitrogens is 1. The van der Waals surface area contributed by atoms with E-state index in [1.165, 1.54) is 32.4 Å². The summed E-state index contributed by atoms with van der Waals surface area (Å²) in [6.45, 7) is 5.00. The third-order valence-electron chi connectivity index (χ3n) is 7.16. The smallest absolute Gasteiger partial charge is 0.336 e. The largest absolute Gasteiger partial charge is 0.478 e. The van der Waals surface area contributed by atoms with Crippen molar-refractivity contribution in [2.45, 2.75) is 44.7 Å². The van der Waals surface area contributed by atoms with Crippen molar-refractivity contribution in [3.8, 4) is 11.3 Å². The number of fused-ring (bicyclic) bond motifs is 1. The summed E-state index contributed by atoms with van der Waals surface area (Å²) in [7, 11) is 0. The number of hydrogen-bond donors (Lipinski definition) is 1. The van der Waals surface area contributed by atoms with E-state index in [0.717, 1.165) is 42.8 Å². The summed E-state index contributed by atoms with van der Waals surface area (Å²) in [4.78, 5) is 22.5. The van der Waals surface area contributed by atoms with E-state index < -0.39 is 5.97 Å². The van der Waals surface area contributed by atoms with Crippen LogP contribution in [-0.2, 0) is 6.54 Å². The predicted molar refractivity (Wildman–Crippen MR) is 133 cm³/mol. The van der Waals surface area contributed by atoms with Crippen LogP contribution in [0.3, 0.4) is 0 Å². The summed E-state index contributed by atoms with van der Waals surface area (Å²) in [6.07, 6.45) is 6.26. The lowest BCUT2D eigenvalue weighted by atomic mass is 9.94. The van der Waals surface area contributed by atoms with Gasteiger partial charge in [0, 0.05) is 34.1 Å². The Morgan fingerprint density at radius 1 is 1.00 bits per heavy atom. The van der Waals surface area contributed by atoms with Gasteiger partial charge in [0.1, 0.15) is 0 Å². The summed E-state index contributed by atoms with van der Waals surface area (Å²) >= 11 is 6.22. The van der Waals surface area contributed by atoms with Crippen LogP contribution >= 0.6 is 11.6 Å². The number of piperidine rings is 2. The summed E-state index contributed by atoms with van der Waals surface area (Å²) in [6, 6.07) is 15.8. The molecule has 0 radical (unpaired) electrons. The van der Waals surface area contributed by atoms with Crippen molar-refractivity contribution < 1.29 is 9.90 Å².